The van der Waals surface area contributed by atoms with E-state index < -0.39 is 30.9 Å². The Bertz CT molecular complexity index is 986. The van der Waals surface area contributed by atoms with E-state index >= 15 is 0 Å². The molecule has 1 aromatic heterocycles. The summed E-state index contributed by atoms with van der Waals surface area (Å²) in [6.07, 6.45) is 2.83. The molecule has 0 spiro atoms. The van der Waals surface area contributed by atoms with Crippen molar-refractivity contribution in [1.82, 2.24) is 9.88 Å². The van der Waals surface area contributed by atoms with Gasteiger partial charge in [-0.3, -0.25) is 4.79 Å². The van der Waals surface area contributed by atoms with E-state index in [4.69, 9.17) is 5.73 Å². The van der Waals surface area contributed by atoms with Gasteiger partial charge in [0.1, 0.15) is 5.82 Å². The first-order valence-corrected chi connectivity index (χ1v) is 9.89. The lowest BCUT2D eigenvalue weighted by Crippen LogP contribution is -2.36. The zero-order chi connectivity index (χ0) is 22.4. The van der Waals surface area contributed by atoms with E-state index in [2.05, 4.69) is 14.1 Å². The van der Waals surface area contributed by atoms with Gasteiger partial charge in [0.05, 0.1) is 19.1 Å². The molecule has 11 heteroatoms. The summed E-state index contributed by atoms with van der Waals surface area (Å²) < 4.78 is 46.7. The molecule has 3 N–H and O–H groups in total. The molecular formula is C20H19F3N4O3S. The Morgan fingerprint density at radius 1 is 1.32 bits per heavy atom. The number of aliphatic hydroxyl groups excluding tert-OH is 1. The number of pyridine rings is 1. The molecule has 0 bridgehead atoms. The van der Waals surface area contributed by atoms with Gasteiger partial charge in [0, 0.05) is 58.7 Å². The number of alkyl halides is 2. The van der Waals surface area contributed by atoms with Crippen molar-refractivity contribution in [1.29, 1.82) is 0 Å². The van der Waals surface area contributed by atoms with Crippen LogP contribution in [-0.4, -0.2) is 53.4 Å². The second-order valence-electron chi connectivity index (χ2n) is 6.54. The second kappa shape index (κ2) is 10.3. The monoisotopic (exact) mass is 452 g/mol. The molecule has 164 valence electrons. The first-order valence-electron chi connectivity index (χ1n) is 9.12. The summed E-state index contributed by atoms with van der Waals surface area (Å²) in [6.45, 7) is -3.18. The van der Waals surface area contributed by atoms with Gasteiger partial charge in [-0.1, -0.05) is 18.2 Å². The van der Waals surface area contributed by atoms with E-state index in [1.54, 1.807) is 6.07 Å². The van der Waals surface area contributed by atoms with Gasteiger partial charge in [-0.2, -0.15) is 8.78 Å². The second-order valence-corrected chi connectivity index (χ2v) is 7.40. The minimum atomic E-state index is -2.95. The fourth-order valence-electron chi connectivity index (χ4n) is 2.97. The molecule has 1 unspecified atom stereocenters. The van der Waals surface area contributed by atoms with Crippen molar-refractivity contribution in [2.45, 2.75) is 17.4 Å². The fourth-order valence-corrected chi connectivity index (χ4v) is 3.50. The third-order valence-electron chi connectivity index (χ3n) is 4.49. The summed E-state index contributed by atoms with van der Waals surface area (Å²) >= 11 is 1.04. The summed E-state index contributed by atoms with van der Waals surface area (Å²) in [4.78, 5) is 18.6. The van der Waals surface area contributed by atoms with Crippen LogP contribution in [0.2, 0.25) is 0 Å². The predicted octanol–water partition coefficient (Wildman–Crippen LogP) is 2.73. The molecule has 1 aliphatic heterocycles. The molecule has 2 aromatic rings. The van der Waals surface area contributed by atoms with Crippen molar-refractivity contribution in [3.05, 3.63) is 65.2 Å². The van der Waals surface area contributed by atoms with Gasteiger partial charge in [-0.05, 0) is 12.1 Å². The van der Waals surface area contributed by atoms with Crippen molar-refractivity contribution in [3.63, 3.8) is 0 Å². The van der Waals surface area contributed by atoms with Gasteiger partial charge in [-0.15, -0.1) is 0 Å². The van der Waals surface area contributed by atoms with Crippen LogP contribution < -0.4 is 10.5 Å². The number of ether oxygens (including phenoxy) is 1. The van der Waals surface area contributed by atoms with Crippen LogP contribution >= 0.6 is 11.9 Å². The Kier molecular flexibility index (Phi) is 7.53. The Labute approximate surface area is 180 Å². The SMILES string of the molecule is NC1=C(C=NSc2ccc(OC(F)F)nc2)CN(C(=O)C(CO)c2ccccc2F)C1. The third kappa shape index (κ3) is 5.76. The molecule has 0 saturated carbocycles. The number of aliphatic hydroxyl groups is 1. The Morgan fingerprint density at radius 2 is 2.10 bits per heavy atom. The number of hydrogen-bond donors (Lipinski definition) is 2. The van der Waals surface area contributed by atoms with Crippen molar-refractivity contribution >= 4 is 24.1 Å². The Balaban J connectivity index is 1.60. The van der Waals surface area contributed by atoms with Crippen LogP contribution in [0.5, 0.6) is 5.88 Å². The number of nitrogens with zero attached hydrogens (tertiary/aromatic N) is 3. The van der Waals surface area contributed by atoms with Gasteiger partial charge in [0.25, 0.3) is 0 Å². The zero-order valence-electron chi connectivity index (χ0n) is 16.1. The van der Waals surface area contributed by atoms with Gasteiger partial charge >= 0.3 is 6.61 Å². The van der Waals surface area contributed by atoms with Crippen LogP contribution in [0.4, 0.5) is 13.2 Å². The first-order chi connectivity index (χ1) is 14.9. The van der Waals surface area contributed by atoms with Crippen LogP contribution in [-0.2, 0) is 4.79 Å². The van der Waals surface area contributed by atoms with E-state index in [1.807, 2.05) is 0 Å². The molecule has 1 atom stereocenters. The maximum absolute atomic E-state index is 14.1. The number of halogens is 3. The number of carbonyl (C=O) groups excluding carboxylic acids is 1. The lowest BCUT2D eigenvalue weighted by Gasteiger charge is -2.22. The fraction of sp³-hybridized carbons (Fsp3) is 0.250. The molecule has 0 aliphatic carbocycles. The van der Waals surface area contributed by atoms with Gasteiger partial charge in [0.15, 0.2) is 0 Å². The highest BCUT2D eigenvalue weighted by Gasteiger charge is 2.31. The van der Waals surface area contributed by atoms with E-state index in [1.165, 1.54) is 47.6 Å². The molecule has 31 heavy (non-hydrogen) atoms. The van der Waals surface area contributed by atoms with Crippen molar-refractivity contribution in [3.8, 4) is 5.88 Å². The first kappa shape index (κ1) is 22.6. The number of hydrogen-bond acceptors (Lipinski definition) is 7. The van der Waals surface area contributed by atoms with E-state index in [-0.39, 0.29) is 24.5 Å². The maximum atomic E-state index is 14.1. The molecule has 0 radical (unpaired) electrons. The number of carbonyl (C=O) groups is 1. The topological polar surface area (TPSA) is 101 Å². The number of amides is 1. The summed E-state index contributed by atoms with van der Waals surface area (Å²) in [6, 6.07) is 8.62. The zero-order valence-corrected chi connectivity index (χ0v) is 16.9. The van der Waals surface area contributed by atoms with E-state index in [9.17, 15) is 23.1 Å². The summed E-state index contributed by atoms with van der Waals surface area (Å²) in [7, 11) is 0. The molecular weight excluding hydrogens is 433 g/mol. The lowest BCUT2D eigenvalue weighted by atomic mass is 9.98. The van der Waals surface area contributed by atoms with Crippen LogP contribution in [0.15, 0.2) is 63.2 Å². The molecule has 3 rings (SSSR count). The highest BCUT2D eigenvalue weighted by Crippen LogP contribution is 2.25. The molecule has 2 heterocycles. The number of benzene rings is 1. The normalized spacial score (nSPS) is 15.2. The maximum Gasteiger partial charge on any atom is 0.388 e. The predicted molar refractivity (Wildman–Crippen MR) is 109 cm³/mol. The van der Waals surface area contributed by atoms with Gasteiger partial charge in [-0.25, -0.2) is 13.8 Å². The minimum Gasteiger partial charge on any atom is -0.417 e. The molecule has 0 saturated heterocycles. The number of nitrogens with two attached hydrogens (primary N) is 1. The molecule has 7 nitrogen and oxygen atoms in total. The smallest absolute Gasteiger partial charge is 0.388 e. The van der Waals surface area contributed by atoms with Crippen LogP contribution in [0.3, 0.4) is 0 Å². The van der Waals surface area contributed by atoms with Crippen LogP contribution in [0.25, 0.3) is 0 Å². The molecule has 1 aliphatic rings. The Hall–Kier alpha value is -3.05. The number of rotatable bonds is 8. The Morgan fingerprint density at radius 3 is 2.74 bits per heavy atom. The van der Waals surface area contributed by atoms with Crippen LogP contribution in [0, 0.1) is 5.82 Å². The van der Waals surface area contributed by atoms with Gasteiger partial charge < -0.3 is 20.5 Å². The average Bonchev–Trinajstić information content (AvgIpc) is 3.11. The third-order valence-corrected chi connectivity index (χ3v) is 5.16. The summed E-state index contributed by atoms with van der Waals surface area (Å²) in [5.41, 5.74) is 7.18. The van der Waals surface area contributed by atoms with Crippen molar-refractivity contribution < 1.29 is 27.8 Å². The summed E-state index contributed by atoms with van der Waals surface area (Å²) in [5.74, 6) is -2.23. The lowest BCUT2D eigenvalue weighted by molar-refractivity contribution is -0.132. The van der Waals surface area contributed by atoms with E-state index in [0.29, 0.717) is 16.2 Å². The van der Waals surface area contributed by atoms with Crippen molar-refractivity contribution in [2.24, 2.45) is 10.1 Å². The standard InChI is InChI=1S/C20H19F3N4O3S/c21-16-4-2-1-3-14(16)15(11-28)19(29)27-9-12(17(24)10-27)7-26-31-13-5-6-18(25-8-13)30-20(22)23/h1-8,15,20,28H,9-11,24H2. The average molecular weight is 452 g/mol. The highest BCUT2D eigenvalue weighted by atomic mass is 32.2. The highest BCUT2D eigenvalue weighted by molar-refractivity contribution is 7.98. The quantitative estimate of drug-likeness (QED) is 0.472. The van der Waals surface area contributed by atoms with Gasteiger partial charge in [0.2, 0.25) is 11.8 Å². The van der Waals surface area contributed by atoms with Crippen molar-refractivity contribution in [2.75, 3.05) is 19.7 Å². The van der Waals surface area contributed by atoms with E-state index in [0.717, 1.165) is 11.9 Å². The molecule has 1 amide bonds. The summed E-state index contributed by atoms with van der Waals surface area (Å²) in [5, 5.41) is 9.66. The molecule has 1 aromatic carbocycles. The van der Waals surface area contributed by atoms with Crippen LogP contribution in [0.1, 0.15) is 11.5 Å². The minimum absolute atomic E-state index is 0.123. The number of aromatic nitrogens is 1. The largest absolute Gasteiger partial charge is 0.417 e. The molecule has 0 fully saturated rings.